The highest BCUT2D eigenvalue weighted by Crippen LogP contribution is 2.40. The lowest BCUT2D eigenvalue weighted by molar-refractivity contribution is -0.0983. The molecule has 0 radical (unpaired) electrons. The van der Waals surface area contributed by atoms with Crippen molar-refractivity contribution in [2.24, 2.45) is 11.3 Å². The lowest BCUT2D eigenvalue weighted by Gasteiger charge is -2.46. The molecular weight excluding hydrogens is 334 g/mol. The van der Waals surface area contributed by atoms with Crippen molar-refractivity contribution in [3.8, 4) is 0 Å². The van der Waals surface area contributed by atoms with Gasteiger partial charge in [0.1, 0.15) is 0 Å². The molecule has 0 heterocycles. The first-order chi connectivity index (χ1) is 12.8. The Morgan fingerprint density at radius 2 is 1.30 bits per heavy atom. The summed E-state index contributed by atoms with van der Waals surface area (Å²) in [5, 5.41) is 21.4. The lowest BCUT2D eigenvalue weighted by Crippen LogP contribution is -2.54. The van der Waals surface area contributed by atoms with Crippen LogP contribution in [0.3, 0.4) is 0 Å². The van der Waals surface area contributed by atoms with Crippen LogP contribution in [0.15, 0.2) is 60.7 Å². The molecule has 0 aromatic heterocycles. The van der Waals surface area contributed by atoms with Gasteiger partial charge in [0.05, 0.1) is 12.2 Å². The van der Waals surface area contributed by atoms with Crippen molar-refractivity contribution >= 4 is 0 Å². The van der Waals surface area contributed by atoms with E-state index in [0.29, 0.717) is 12.3 Å². The highest BCUT2D eigenvalue weighted by atomic mass is 16.3. The van der Waals surface area contributed by atoms with Crippen LogP contribution in [0.5, 0.6) is 0 Å². The largest absolute Gasteiger partial charge is 0.390 e. The van der Waals surface area contributed by atoms with Crippen molar-refractivity contribution in [1.82, 2.24) is 4.90 Å². The molecule has 1 saturated carbocycles. The Kier molecular flexibility index (Phi) is 6.36. The maximum absolute atomic E-state index is 10.9. The van der Waals surface area contributed by atoms with Crippen LogP contribution in [0.4, 0.5) is 0 Å². The second-order valence-corrected chi connectivity index (χ2v) is 9.04. The third-order valence-electron chi connectivity index (χ3n) is 5.99. The van der Waals surface area contributed by atoms with Gasteiger partial charge < -0.3 is 10.2 Å². The molecule has 2 aromatic rings. The quantitative estimate of drug-likeness (QED) is 0.831. The van der Waals surface area contributed by atoms with Gasteiger partial charge >= 0.3 is 0 Å². The van der Waals surface area contributed by atoms with E-state index >= 15 is 0 Å². The Balaban J connectivity index is 1.87. The average Bonchev–Trinajstić information content (AvgIpc) is 2.64. The monoisotopic (exact) mass is 367 g/mol. The SMILES string of the molecule is CC(C)(C)[C@@H]1C[C@@H](O)[C@H](O)[C@H](N(Cc2ccccc2)Cc2ccccc2)C1. The molecule has 3 nitrogen and oxygen atoms in total. The summed E-state index contributed by atoms with van der Waals surface area (Å²) in [7, 11) is 0. The summed E-state index contributed by atoms with van der Waals surface area (Å²) in [5.41, 5.74) is 2.57. The molecule has 4 atom stereocenters. The molecule has 3 rings (SSSR count). The molecule has 0 amide bonds. The van der Waals surface area contributed by atoms with Crippen molar-refractivity contribution < 1.29 is 10.2 Å². The van der Waals surface area contributed by atoms with Crippen LogP contribution in [0, 0.1) is 11.3 Å². The smallest absolute Gasteiger partial charge is 0.0954 e. The van der Waals surface area contributed by atoms with Crippen molar-refractivity contribution in [2.45, 2.75) is 65.0 Å². The summed E-state index contributed by atoms with van der Waals surface area (Å²) >= 11 is 0. The fourth-order valence-corrected chi connectivity index (χ4v) is 4.21. The second kappa shape index (κ2) is 8.55. The highest BCUT2D eigenvalue weighted by Gasteiger charge is 2.42. The van der Waals surface area contributed by atoms with Crippen LogP contribution in [0.25, 0.3) is 0 Å². The fourth-order valence-electron chi connectivity index (χ4n) is 4.21. The summed E-state index contributed by atoms with van der Waals surface area (Å²) in [6.07, 6.45) is 0.200. The molecule has 146 valence electrons. The van der Waals surface area contributed by atoms with E-state index < -0.39 is 12.2 Å². The van der Waals surface area contributed by atoms with Crippen LogP contribution < -0.4 is 0 Å². The number of rotatable bonds is 5. The van der Waals surface area contributed by atoms with Crippen LogP contribution in [0.1, 0.15) is 44.7 Å². The Morgan fingerprint density at radius 1 is 0.815 bits per heavy atom. The molecule has 0 bridgehead atoms. The van der Waals surface area contributed by atoms with Crippen LogP contribution in [0.2, 0.25) is 0 Å². The topological polar surface area (TPSA) is 43.7 Å². The zero-order chi connectivity index (χ0) is 19.4. The van der Waals surface area contributed by atoms with E-state index in [2.05, 4.69) is 74.2 Å². The fraction of sp³-hybridized carbons (Fsp3) is 0.500. The lowest BCUT2D eigenvalue weighted by atomic mass is 9.69. The molecule has 0 unspecified atom stereocenters. The summed E-state index contributed by atoms with van der Waals surface area (Å²) in [6, 6.07) is 20.7. The molecule has 0 saturated heterocycles. The molecule has 27 heavy (non-hydrogen) atoms. The summed E-state index contributed by atoms with van der Waals surface area (Å²) < 4.78 is 0. The first-order valence-corrected chi connectivity index (χ1v) is 10.0. The summed E-state index contributed by atoms with van der Waals surface area (Å²) in [5.74, 6) is 0.384. The minimum absolute atomic E-state index is 0.0570. The van der Waals surface area contributed by atoms with Gasteiger partial charge in [0.2, 0.25) is 0 Å². The normalized spacial score (nSPS) is 26.3. The second-order valence-electron chi connectivity index (χ2n) is 9.04. The molecule has 3 heteroatoms. The van der Waals surface area contributed by atoms with Crippen LogP contribution in [-0.2, 0) is 13.1 Å². The van der Waals surface area contributed by atoms with Gasteiger partial charge in [-0.15, -0.1) is 0 Å². The Hall–Kier alpha value is -1.68. The maximum Gasteiger partial charge on any atom is 0.0954 e. The molecule has 1 fully saturated rings. The number of aliphatic hydroxyl groups excluding tert-OH is 2. The predicted octanol–water partition coefficient (Wildman–Crippen LogP) is 4.24. The predicted molar refractivity (Wildman–Crippen MR) is 110 cm³/mol. The van der Waals surface area contributed by atoms with Crippen molar-refractivity contribution in [2.75, 3.05) is 0 Å². The van der Waals surface area contributed by atoms with E-state index in [1.165, 1.54) is 11.1 Å². The zero-order valence-electron chi connectivity index (χ0n) is 16.8. The van der Waals surface area contributed by atoms with Gasteiger partial charge in [-0.1, -0.05) is 81.4 Å². The van der Waals surface area contributed by atoms with Gasteiger partial charge in [0.25, 0.3) is 0 Å². The van der Waals surface area contributed by atoms with Gasteiger partial charge in [-0.3, -0.25) is 4.90 Å². The third kappa shape index (κ3) is 5.19. The van der Waals surface area contributed by atoms with Gasteiger partial charge in [-0.2, -0.15) is 0 Å². The molecule has 0 spiro atoms. The average molecular weight is 368 g/mol. The van der Waals surface area contributed by atoms with E-state index in [9.17, 15) is 10.2 Å². The molecule has 0 aliphatic heterocycles. The Labute approximate surface area is 163 Å². The van der Waals surface area contributed by atoms with Gasteiger partial charge in [-0.25, -0.2) is 0 Å². The van der Waals surface area contributed by atoms with E-state index in [1.54, 1.807) is 0 Å². The van der Waals surface area contributed by atoms with Crippen LogP contribution >= 0.6 is 0 Å². The van der Waals surface area contributed by atoms with Gasteiger partial charge in [0.15, 0.2) is 0 Å². The number of aliphatic hydroxyl groups is 2. The van der Waals surface area contributed by atoms with Gasteiger partial charge in [0, 0.05) is 19.1 Å². The minimum atomic E-state index is -0.712. The first-order valence-electron chi connectivity index (χ1n) is 10.0. The first kappa shape index (κ1) is 20.1. The molecule has 2 aromatic carbocycles. The van der Waals surface area contributed by atoms with Crippen molar-refractivity contribution in [1.29, 1.82) is 0 Å². The molecular formula is C24H33NO2. The highest BCUT2D eigenvalue weighted by molar-refractivity contribution is 5.18. The zero-order valence-corrected chi connectivity index (χ0v) is 16.8. The Bertz CT molecular complexity index is 654. The van der Waals surface area contributed by atoms with Crippen molar-refractivity contribution in [3.63, 3.8) is 0 Å². The van der Waals surface area contributed by atoms with Gasteiger partial charge in [-0.05, 0) is 35.3 Å². The maximum atomic E-state index is 10.9. The Morgan fingerprint density at radius 3 is 1.74 bits per heavy atom. The summed E-state index contributed by atoms with van der Waals surface area (Å²) in [4.78, 5) is 2.34. The van der Waals surface area contributed by atoms with E-state index in [0.717, 1.165) is 19.5 Å². The summed E-state index contributed by atoms with van der Waals surface area (Å²) in [6.45, 7) is 8.23. The molecule has 1 aliphatic carbocycles. The molecule has 1 aliphatic rings. The van der Waals surface area contributed by atoms with E-state index in [-0.39, 0.29) is 11.5 Å². The van der Waals surface area contributed by atoms with Crippen molar-refractivity contribution in [3.05, 3.63) is 71.8 Å². The number of nitrogens with zero attached hydrogens (tertiary/aromatic N) is 1. The molecule has 2 N–H and O–H groups in total. The minimum Gasteiger partial charge on any atom is -0.390 e. The number of hydrogen-bond acceptors (Lipinski definition) is 3. The van der Waals surface area contributed by atoms with E-state index in [1.807, 2.05) is 12.1 Å². The number of benzene rings is 2. The third-order valence-corrected chi connectivity index (χ3v) is 5.99. The number of hydrogen-bond donors (Lipinski definition) is 2. The van der Waals surface area contributed by atoms with E-state index in [4.69, 9.17) is 0 Å². The van der Waals surface area contributed by atoms with Crippen LogP contribution in [-0.4, -0.2) is 33.4 Å². The standard InChI is InChI=1S/C24H33NO2/c1-24(2,3)20-14-21(23(27)22(26)15-20)25(16-18-10-6-4-7-11-18)17-19-12-8-5-9-13-19/h4-13,20-23,26-27H,14-17H2,1-3H3/t20-,21+,22+,23+/m0/s1.